The normalized spacial score (nSPS) is 19.6. The van der Waals surface area contributed by atoms with E-state index in [0.717, 1.165) is 28.6 Å². The maximum atomic E-state index is 11.5. The van der Waals surface area contributed by atoms with Gasteiger partial charge in [0.15, 0.2) is 0 Å². The maximum absolute atomic E-state index is 11.5. The Hall–Kier alpha value is -1.07. The van der Waals surface area contributed by atoms with Crippen LogP contribution in [0.5, 0.6) is 0 Å². The Bertz CT molecular complexity index is 767. The molecule has 0 saturated carbocycles. The Balaban J connectivity index is 2.04. The molecule has 1 aliphatic heterocycles. The molecule has 1 N–H and O–H groups in total. The summed E-state index contributed by atoms with van der Waals surface area (Å²) in [5.41, 5.74) is 1.97. The molecule has 1 saturated heterocycles. The summed E-state index contributed by atoms with van der Waals surface area (Å²) in [5, 5.41) is 10.5. The molecule has 0 bridgehead atoms. The van der Waals surface area contributed by atoms with Crippen LogP contribution in [0.2, 0.25) is 10.0 Å². The van der Waals surface area contributed by atoms with Gasteiger partial charge in [-0.1, -0.05) is 63.4 Å². The van der Waals surface area contributed by atoms with E-state index < -0.39 is 5.97 Å². The van der Waals surface area contributed by atoms with E-state index in [4.69, 9.17) is 23.2 Å². The molecule has 1 fully saturated rings. The summed E-state index contributed by atoms with van der Waals surface area (Å²) in [6.07, 6.45) is 1.56. The Labute approximate surface area is 165 Å². The van der Waals surface area contributed by atoms with Crippen molar-refractivity contribution in [1.29, 1.82) is 0 Å². The van der Waals surface area contributed by atoms with Crippen molar-refractivity contribution in [1.82, 2.24) is 4.90 Å². The maximum Gasteiger partial charge on any atom is 0.307 e. The molecule has 0 amide bonds. The second-order valence-corrected chi connectivity index (χ2v) is 7.97. The molecular formula is C19H18BrCl2NO2. The quantitative estimate of drug-likeness (QED) is 0.665. The minimum absolute atomic E-state index is 0.124. The zero-order chi connectivity index (χ0) is 18.0. The molecule has 132 valence electrons. The van der Waals surface area contributed by atoms with Crippen LogP contribution < -0.4 is 0 Å². The minimum Gasteiger partial charge on any atom is -0.481 e. The number of piperidine rings is 1. The molecule has 2 aromatic rings. The first kappa shape index (κ1) is 18.7. The van der Waals surface area contributed by atoms with Crippen LogP contribution in [0.15, 0.2) is 46.9 Å². The summed E-state index contributed by atoms with van der Waals surface area (Å²) in [7, 11) is 0. The van der Waals surface area contributed by atoms with Crippen LogP contribution >= 0.6 is 39.1 Å². The number of carbonyl (C=O) groups is 1. The number of halogens is 3. The second-order valence-electron chi connectivity index (χ2n) is 6.27. The molecule has 2 unspecified atom stereocenters. The second kappa shape index (κ2) is 8.09. The smallest absolute Gasteiger partial charge is 0.307 e. The molecular weight excluding hydrogens is 425 g/mol. The van der Waals surface area contributed by atoms with E-state index >= 15 is 0 Å². The Morgan fingerprint density at radius 1 is 1.20 bits per heavy atom. The molecule has 0 radical (unpaired) electrons. The predicted octanol–water partition coefficient (Wildman–Crippen LogP) is 5.64. The number of nitrogens with zero attached hydrogens (tertiary/aromatic N) is 1. The minimum atomic E-state index is -0.739. The highest BCUT2D eigenvalue weighted by Crippen LogP contribution is 2.38. The summed E-state index contributed by atoms with van der Waals surface area (Å²) >= 11 is 16.2. The van der Waals surface area contributed by atoms with E-state index in [1.54, 1.807) is 6.07 Å². The molecule has 0 aromatic heterocycles. The van der Waals surface area contributed by atoms with Crippen molar-refractivity contribution < 1.29 is 9.90 Å². The van der Waals surface area contributed by atoms with Crippen LogP contribution in [0.3, 0.4) is 0 Å². The molecule has 3 rings (SSSR count). The molecule has 6 heteroatoms. The molecule has 0 spiro atoms. The summed E-state index contributed by atoms with van der Waals surface area (Å²) < 4.78 is 0.995. The molecule has 1 aliphatic rings. The van der Waals surface area contributed by atoms with Crippen LogP contribution in [0.4, 0.5) is 0 Å². The number of hydrogen-bond acceptors (Lipinski definition) is 2. The van der Waals surface area contributed by atoms with Gasteiger partial charge in [0.25, 0.3) is 0 Å². The molecule has 2 atom stereocenters. The van der Waals surface area contributed by atoms with Gasteiger partial charge in [0.1, 0.15) is 0 Å². The molecule has 1 heterocycles. The predicted molar refractivity (Wildman–Crippen MR) is 104 cm³/mol. The number of rotatable bonds is 4. The van der Waals surface area contributed by atoms with E-state index in [0.29, 0.717) is 23.0 Å². The van der Waals surface area contributed by atoms with Gasteiger partial charge in [0.05, 0.1) is 22.0 Å². The van der Waals surface area contributed by atoms with Gasteiger partial charge < -0.3 is 5.11 Å². The largest absolute Gasteiger partial charge is 0.481 e. The lowest BCUT2D eigenvalue weighted by Gasteiger charge is -2.38. The highest BCUT2D eigenvalue weighted by Gasteiger charge is 2.32. The molecule has 3 nitrogen and oxygen atoms in total. The fourth-order valence-corrected chi connectivity index (χ4v) is 4.08. The first-order valence-corrected chi connectivity index (χ1v) is 9.68. The number of aliphatic carboxylic acids is 1. The monoisotopic (exact) mass is 441 g/mol. The lowest BCUT2D eigenvalue weighted by Crippen LogP contribution is -2.41. The summed E-state index contributed by atoms with van der Waals surface area (Å²) in [5.74, 6) is -1.10. The van der Waals surface area contributed by atoms with Gasteiger partial charge in [-0.05, 0) is 48.7 Å². The first-order valence-electron chi connectivity index (χ1n) is 8.13. The van der Waals surface area contributed by atoms with Crippen LogP contribution in [0.25, 0.3) is 0 Å². The first-order chi connectivity index (χ1) is 12.0. The lowest BCUT2D eigenvalue weighted by atomic mass is 9.91. The van der Waals surface area contributed by atoms with E-state index in [9.17, 15) is 9.90 Å². The van der Waals surface area contributed by atoms with Gasteiger partial charge in [-0.2, -0.15) is 0 Å². The van der Waals surface area contributed by atoms with E-state index in [2.05, 4.69) is 20.8 Å². The summed E-state index contributed by atoms with van der Waals surface area (Å²) in [6.45, 7) is 1.33. The Morgan fingerprint density at radius 3 is 2.60 bits per heavy atom. The number of likely N-dealkylation sites (tertiary alicyclic amines) is 1. The lowest BCUT2D eigenvalue weighted by molar-refractivity contribution is -0.143. The van der Waals surface area contributed by atoms with Crippen molar-refractivity contribution in [2.24, 2.45) is 5.92 Å². The number of benzene rings is 2. The average molecular weight is 443 g/mol. The average Bonchev–Trinajstić information content (AvgIpc) is 2.61. The summed E-state index contributed by atoms with van der Waals surface area (Å²) in [4.78, 5) is 13.7. The third-order valence-corrected chi connectivity index (χ3v) is 5.99. The SMILES string of the molecule is O=C(O)C1CCCN(C(c2ccc(Br)cc2)c2cccc(Cl)c2Cl)C1. The van der Waals surface area contributed by atoms with Gasteiger partial charge in [0.2, 0.25) is 0 Å². The third-order valence-electron chi connectivity index (χ3n) is 4.63. The third kappa shape index (κ3) is 4.20. The fourth-order valence-electron chi connectivity index (χ4n) is 3.41. The summed E-state index contributed by atoms with van der Waals surface area (Å²) in [6, 6.07) is 13.5. The topological polar surface area (TPSA) is 40.5 Å². The Kier molecular flexibility index (Phi) is 6.05. The van der Waals surface area contributed by atoms with Crippen LogP contribution in [0.1, 0.15) is 30.0 Å². The fraction of sp³-hybridized carbons (Fsp3) is 0.316. The van der Waals surface area contributed by atoms with Gasteiger partial charge in [0, 0.05) is 11.0 Å². The number of carboxylic acids is 1. The molecule has 25 heavy (non-hydrogen) atoms. The van der Waals surface area contributed by atoms with Gasteiger partial charge >= 0.3 is 5.97 Å². The van der Waals surface area contributed by atoms with Crippen LogP contribution in [-0.2, 0) is 4.79 Å². The van der Waals surface area contributed by atoms with Crippen molar-refractivity contribution >= 4 is 45.1 Å². The van der Waals surface area contributed by atoms with Crippen LogP contribution in [-0.4, -0.2) is 29.1 Å². The standard InChI is InChI=1S/C19H18BrCl2NO2/c20-14-8-6-12(7-9-14)18(15-4-1-5-16(21)17(15)22)23-10-2-3-13(11-23)19(24)25/h1,4-9,13,18H,2-3,10-11H2,(H,24,25). The van der Waals surface area contributed by atoms with Crippen molar-refractivity contribution in [2.75, 3.05) is 13.1 Å². The molecule has 2 aromatic carbocycles. The van der Waals surface area contributed by atoms with Gasteiger partial charge in [-0.25, -0.2) is 0 Å². The van der Waals surface area contributed by atoms with Gasteiger partial charge in [-0.3, -0.25) is 9.69 Å². The zero-order valence-electron chi connectivity index (χ0n) is 13.5. The highest BCUT2D eigenvalue weighted by atomic mass is 79.9. The Morgan fingerprint density at radius 2 is 1.92 bits per heavy atom. The number of carboxylic acid groups (broad SMARTS) is 1. The van der Waals surface area contributed by atoms with Crippen LogP contribution in [0, 0.1) is 5.92 Å². The van der Waals surface area contributed by atoms with Crippen molar-refractivity contribution in [3.63, 3.8) is 0 Å². The van der Waals surface area contributed by atoms with E-state index in [1.165, 1.54) is 0 Å². The highest BCUT2D eigenvalue weighted by molar-refractivity contribution is 9.10. The number of hydrogen-bond donors (Lipinski definition) is 1. The van der Waals surface area contributed by atoms with Gasteiger partial charge in [-0.15, -0.1) is 0 Å². The zero-order valence-corrected chi connectivity index (χ0v) is 16.6. The van der Waals surface area contributed by atoms with E-state index in [1.807, 2.05) is 36.4 Å². The van der Waals surface area contributed by atoms with Crippen molar-refractivity contribution in [2.45, 2.75) is 18.9 Å². The van der Waals surface area contributed by atoms with Crippen molar-refractivity contribution in [3.8, 4) is 0 Å². The van der Waals surface area contributed by atoms with E-state index in [-0.39, 0.29) is 12.0 Å². The molecule has 0 aliphatic carbocycles. The van der Waals surface area contributed by atoms with Crippen molar-refractivity contribution in [3.05, 3.63) is 68.1 Å².